The van der Waals surface area contributed by atoms with Crippen LogP contribution in [-0.4, -0.2) is 28.3 Å². The first-order chi connectivity index (χ1) is 13.7. The summed E-state index contributed by atoms with van der Waals surface area (Å²) in [6.07, 6.45) is 8.57. The van der Waals surface area contributed by atoms with Crippen LogP contribution in [0, 0.1) is 5.92 Å². The van der Waals surface area contributed by atoms with E-state index in [-0.39, 0.29) is 12.2 Å². The molecule has 28 heavy (non-hydrogen) atoms. The van der Waals surface area contributed by atoms with Crippen LogP contribution in [0.2, 0.25) is 0 Å². The van der Waals surface area contributed by atoms with Crippen molar-refractivity contribution in [3.63, 3.8) is 0 Å². The maximum Gasteiger partial charge on any atom is 0.413 e. The molecule has 5 heteroatoms. The van der Waals surface area contributed by atoms with E-state index in [0.29, 0.717) is 12.5 Å². The van der Waals surface area contributed by atoms with E-state index in [0.717, 1.165) is 11.1 Å². The number of rotatable bonds is 6. The van der Waals surface area contributed by atoms with Gasteiger partial charge in [0.1, 0.15) is 0 Å². The van der Waals surface area contributed by atoms with E-state index in [4.69, 9.17) is 9.47 Å². The lowest BCUT2D eigenvalue weighted by Crippen LogP contribution is -2.40. The van der Waals surface area contributed by atoms with Gasteiger partial charge in [0.05, 0.1) is 12.6 Å². The van der Waals surface area contributed by atoms with E-state index in [1.54, 1.807) is 17.3 Å². The highest BCUT2D eigenvalue weighted by Crippen LogP contribution is 2.37. The average molecular weight is 380 g/mol. The molecule has 0 N–H and O–H groups in total. The van der Waals surface area contributed by atoms with Crippen LogP contribution in [0.1, 0.15) is 56.3 Å². The number of carbonyl (C=O) groups excluding carboxylic acids is 1. The monoisotopic (exact) mass is 380 g/mol. The number of cyclic esters (lactones) is 1. The van der Waals surface area contributed by atoms with Crippen molar-refractivity contribution < 1.29 is 14.3 Å². The highest BCUT2D eigenvalue weighted by atomic mass is 16.6. The number of pyridine rings is 1. The number of aromatic nitrogens is 1. The fourth-order valence-electron chi connectivity index (χ4n) is 4.30. The van der Waals surface area contributed by atoms with Crippen LogP contribution in [0.25, 0.3) is 0 Å². The molecule has 1 aromatic carbocycles. The van der Waals surface area contributed by atoms with Crippen molar-refractivity contribution in [3.8, 4) is 0 Å². The smallest absolute Gasteiger partial charge is 0.413 e. The molecule has 2 aromatic rings. The highest BCUT2D eigenvalue weighted by molar-refractivity contribution is 5.70. The molecule has 4 rings (SSSR count). The molecule has 1 aliphatic heterocycles. The van der Waals surface area contributed by atoms with Gasteiger partial charge in [-0.3, -0.25) is 9.88 Å². The van der Waals surface area contributed by atoms with Crippen LogP contribution in [0.3, 0.4) is 0 Å². The molecule has 3 unspecified atom stereocenters. The van der Waals surface area contributed by atoms with E-state index in [1.165, 1.54) is 32.1 Å². The number of benzene rings is 1. The Morgan fingerprint density at radius 3 is 2.54 bits per heavy atom. The molecule has 2 aliphatic rings. The Morgan fingerprint density at radius 1 is 1.11 bits per heavy atom. The fraction of sp³-hybridized carbons (Fsp3) is 0.478. The van der Waals surface area contributed by atoms with Crippen LogP contribution in [-0.2, 0) is 16.0 Å². The maximum atomic E-state index is 12.7. The molecule has 1 saturated heterocycles. The predicted octanol–water partition coefficient (Wildman–Crippen LogP) is 5.09. The Hall–Kier alpha value is -2.40. The van der Waals surface area contributed by atoms with Crippen LogP contribution in [0.4, 0.5) is 4.79 Å². The van der Waals surface area contributed by atoms with Gasteiger partial charge in [-0.2, -0.15) is 0 Å². The van der Waals surface area contributed by atoms with E-state index in [2.05, 4.69) is 11.9 Å². The number of carbonyl (C=O) groups is 1. The van der Waals surface area contributed by atoms with Crippen molar-refractivity contribution in [2.45, 2.75) is 64.0 Å². The highest BCUT2D eigenvalue weighted by Gasteiger charge is 2.45. The molecule has 5 nitrogen and oxygen atoms in total. The Balaban J connectivity index is 1.57. The summed E-state index contributed by atoms with van der Waals surface area (Å²) in [5.74, 6) is 0.543. The van der Waals surface area contributed by atoms with Crippen molar-refractivity contribution in [1.29, 1.82) is 0 Å². The zero-order valence-corrected chi connectivity index (χ0v) is 16.4. The third-order valence-corrected chi connectivity index (χ3v) is 5.93. The van der Waals surface area contributed by atoms with Crippen molar-refractivity contribution in [3.05, 3.63) is 66.0 Å². The predicted molar refractivity (Wildman–Crippen MR) is 106 cm³/mol. The van der Waals surface area contributed by atoms with Gasteiger partial charge in [-0.05, 0) is 43.4 Å². The van der Waals surface area contributed by atoms with Gasteiger partial charge in [0, 0.05) is 18.0 Å². The number of amides is 1. The second kappa shape index (κ2) is 8.74. The van der Waals surface area contributed by atoms with Gasteiger partial charge in [0.2, 0.25) is 0 Å². The third kappa shape index (κ3) is 4.20. The van der Waals surface area contributed by atoms with Crippen LogP contribution >= 0.6 is 0 Å². The van der Waals surface area contributed by atoms with Crippen LogP contribution in [0.15, 0.2) is 54.9 Å². The summed E-state index contributed by atoms with van der Waals surface area (Å²) >= 11 is 0. The third-order valence-electron chi connectivity index (χ3n) is 5.93. The summed E-state index contributed by atoms with van der Waals surface area (Å²) in [7, 11) is 0. The van der Waals surface area contributed by atoms with Crippen molar-refractivity contribution in [2.75, 3.05) is 0 Å². The average Bonchev–Trinajstić information content (AvgIpc) is 3.05. The van der Waals surface area contributed by atoms with Gasteiger partial charge >= 0.3 is 6.09 Å². The van der Waals surface area contributed by atoms with Gasteiger partial charge in [-0.1, -0.05) is 49.6 Å². The van der Waals surface area contributed by atoms with Crippen molar-refractivity contribution >= 4 is 6.09 Å². The Morgan fingerprint density at radius 2 is 1.82 bits per heavy atom. The molecule has 1 aromatic heterocycles. The molecule has 1 aliphatic carbocycles. The van der Waals surface area contributed by atoms with Gasteiger partial charge in [0.25, 0.3) is 0 Å². The first-order valence-corrected chi connectivity index (χ1v) is 10.3. The van der Waals surface area contributed by atoms with Gasteiger partial charge < -0.3 is 9.47 Å². The first-order valence-electron chi connectivity index (χ1n) is 10.3. The zero-order chi connectivity index (χ0) is 19.3. The van der Waals surface area contributed by atoms with Crippen LogP contribution in [0.5, 0.6) is 0 Å². The molecule has 2 heterocycles. The minimum atomic E-state index is -0.440. The quantitative estimate of drug-likeness (QED) is 0.701. The van der Waals surface area contributed by atoms with E-state index >= 15 is 0 Å². The Kier molecular flexibility index (Phi) is 5.91. The fourth-order valence-corrected chi connectivity index (χ4v) is 4.30. The molecule has 0 spiro atoms. The molecule has 148 valence electrons. The molecule has 0 bridgehead atoms. The van der Waals surface area contributed by atoms with Crippen LogP contribution < -0.4 is 0 Å². The molecule has 2 fully saturated rings. The standard InChI is InChI=1S/C23H28N2O3/c1-17(19-10-6-3-7-11-19)27-22-21(20-12-14-24-15-13-20)28-23(26)25(22)16-18-8-4-2-5-9-18/h2,4-5,8-9,12-15,17,19,21-22H,3,6-7,10-11,16H2,1H3. The summed E-state index contributed by atoms with van der Waals surface area (Å²) in [4.78, 5) is 18.5. The Bertz CT molecular complexity index is 762. The van der Waals surface area contributed by atoms with Gasteiger partial charge in [0.15, 0.2) is 12.3 Å². The topological polar surface area (TPSA) is 51.7 Å². The van der Waals surface area contributed by atoms with Gasteiger partial charge in [-0.25, -0.2) is 4.79 Å². The SMILES string of the molecule is CC(OC1C(c2ccncc2)OC(=O)N1Cc1ccccc1)C1CCCCC1. The van der Waals surface area contributed by atoms with Crippen molar-refractivity contribution in [2.24, 2.45) is 5.92 Å². The lowest BCUT2D eigenvalue weighted by molar-refractivity contribution is -0.112. The second-order valence-corrected chi connectivity index (χ2v) is 7.83. The molecule has 1 saturated carbocycles. The number of ether oxygens (including phenoxy) is 2. The molecule has 0 radical (unpaired) electrons. The lowest BCUT2D eigenvalue weighted by atomic mass is 9.86. The van der Waals surface area contributed by atoms with Gasteiger partial charge in [-0.15, -0.1) is 0 Å². The molecule has 1 amide bonds. The van der Waals surface area contributed by atoms with E-state index < -0.39 is 12.3 Å². The number of nitrogens with zero attached hydrogens (tertiary/aromatic N) is 2. The lowest BCUT2D eigenvalue weighted by Gasteiger charge is -2.33. The summed E-state index contributed by atoms with van der Waals surface area (Å²) in [6.45, 7) is 2.62. The minimum absolute atomic E-state index is 0.0856. The number of hydrogen-bond donors (Lipinski definition) is 0. The molecular formula is C23H28N2O3. The summed E-state index contributed by atoms with van der Waals surface area (Å²) in [5, 5.41) is 0. The second-order valence-electron chi connectivity index (χ2n) is 7.83. The number of hydrogen-bond acceptors (Lipinski definition) is 4. The normalized spacial score (nSPS) is 24.2. The molecular weight excluding hydrogens is 352 g/mol. The maximum absolute atomic E-state index is 12.7. The zero-order valence-electron chi connectivity index (χ0n) is 16.4. The summed E-state index contributed by atoms with van der Waals surface area (Å²) in [6, 6.07) is 13.8. The minimum Gasteiger partial charge on any atom is -0.436 e. The Labute approximate surface area is 166 Å². The molecule has 3 atom stereocenters. The van der Waals surface area contributed by atoms with Crippen molar-refractivity contribution in [1.82, 2.24) is 9.88 Å². The van der Waals surface area contributed by atoms with E-state index in [1.807, 2.05) is 42.5 Å². The van der Waals surface area contributed by atoms with E-state index in [9.17, 15) is 4.79 Å². The first kappa shape index (κ1) is 18.9. The summed E-state index contributed by atoms with van der Waals surface area (Å²) in [5.41, 5.74) is 1.98. The largest absolute Gasteiger partial charge is 0.436 e. The summed E-state index contributed by atoms with van der Waals surface area (Å²) < 4.78 is 12.3.